The zero-order chi connectivity index (χ0) is 14.0. The van der Waals surface area contributed by atoms with Crippen LogP contribution in [0, 0.1) is 0 Å². The molecule has 4 heteroatoms. The summed E-state index contributed by atoms with van der Waals surface area (Å²) in [6, 6.07) is 4.38. The lowest BCUT2D eigenvalue weighted by atomic mass is 10.1. The van der Waals surface area contributed by atoms with Crippen molar-refractivity contribution in [2.45, 2.75) is 43.4 Å². The molecule has 0 unspecified atom stereocenters. The second-order valence-electron chi connectivity index (χ2n) is 5.85. The van der Waals surface area contributed by atoms with Crippen LogP contribution in [0.25, 0.3) is 0 Å². The molecular weight excluding hydrogens is 334 g/mol. The van der Waals surface area contributed by atoms with Gasteiger partial charge in [-0.05, 0) is 36.8 Å². The van der Waals surface area contributed by atoms with Gasteiger partial charge in [0.1, 0.15) is 5.75 Å². The van der Waals surface area contributed by atoms with Crippen LogP contribution >= 0.6 is 27.7 Å². The lowest BCUT2D eigenvalue weighted by Crippen LogP contribution is -2.34. The van der Waals surface area contributed by atoms with Gasteiger partial charge in [-0.2, -0.15) is 11.8 Å². The first kappa shape index (κ1) is 14.7. The summed E-state index contributed by atoms with van der Waals surface area (Å²) >= 11 is 5.65. The van der Waals surface area contributed by atoms with Crippen molar-refractivity contribution in [3.05, 3.63) is 27.7 Å². The van der Waals surface area contributed by atoms with Crippen molar-refractivity contribution in [2.24, 2.45) is 0 Å². The topological polar surface area (TPSA) is 21.3 Å². The third kappa shape index (κ3) is 3.02. The van der Waals surface area contributed by atoms with Crippen LogP contribution in [0.5, 0.6) is 5.75 Å². The number of ether oxygens (including phenoxy) is 1. The molecule has 20 heavy (non-hydrogen) atoms. The average molecular weight is 356 g/mol. The molecule has 2 nitrogen and oxygen atoms in total. The second-order valence-corrected chi connectivity index (χ2v) is 8.04. The molecular formula is C16H22BrNOS. The van der Waals surface area contributed by atoms with Crippen LogP contribution in [0.3, 0.4) is 0 Å². The molecule has 1 aromatic rings. The summed E-state index contributed by atoms with van der Waals surface area (Å²) in [4.78, 5) is 0. The van der Waals surface area contributed by atoms with Crippen molar-refractivity contribution in [1.29, 1.82) is 0 Å². The van der Waals surface area contributed by atoms with Crippen molar-refractivity contribution in [3.8, 4) is 5.75 Å². The minimum Gasteiger partial charge on any atom is -0.493 e. The van der Waals surface area contributed by atoms with Gasteiger partial charge in [0, 0.05) is 34.3 Å². The van der Waals surface area contributed by atoms with E-state index < -0.39 is 0 Å². The predicted octanol–water partition coefficient (Wildman–Crippen LogP) is 4.15. The van der Waals surface area contributed by atoms with Gasteiger partial charge in [-0.1, -0.05) is 28.8 Å². The summed E-state index contributed by atoms with van der Waals surface area (Å²) < 4.78 is 7.43. The van der Waals surface area contributed by atoms with Gasteiger partial charge in [0.05, 0.1) is 6.61 Å². The van der Waals surface area contributed by atoms with Crippen molar-refractivity contribution >= 4 is 27.7 Å². The summed E-state index contributed by atoms with van der Waals surface area (Å²) in [5.74, 6) is 1.12. The molecule has 110 valence electrons. The largest absolute Gasteiger partial charge is 0.493 e. The highest BCUT2D eigenvalue weighted by molar-refractivity contribution is 9.10. The molecule has 0 spiro atoms. The first-order chi connectivity index (χ1) is 9.72. The Morgan fingerprint density at radius 1 is 1.35 bits per heavy atom. The van der Waals surface area contributed by atoms with E-state index in [2.05, 4.69) is 39.6 Å². The molecule has 0 aromatic heterocycles. The highest BCUT2D eigenvalue weighted by Gasteiger charge is 2.32. The van der Waals surface area contributed by atoms with E-state index in [1.807, 2.05) is 11.8 Å². The lowest BCUT2D eigenvalue weighted by Gasteiger charge is -2.27. The second kappa shape index (κ2) is 6.29. The molecule has 1 heterocycles. The highest BCUT2D eigenvalue weighted by Crippen LogP contribution is 2.40. The Balaban J connectivity index is 1.64. The Morgan fingerprint density at radius 2 is 2.15 bits per heavy atom. The number of rotatable bonds is 5. The van der Waals surface area contributed by atoms with Crippen molar-refractivity contribution < 1.29 is 4.74 Å². The Hall–Kier alpha value is -0.190. The SMILES string of the molecule is CSC1(CNCc2cc(Br)cc3c2OCC3)CCCC1. The number of nitrogens with one attached hydrogen (secondary N) is 1. The third-order valence-electron chi connectivity index (χ3n) is 4.54. The smallest absolute Gasteiger partial charge is 0.127 e. The van der Waals surface area contributed by atoms with Gasteiger partial charge in [-0.25, -0.2) is 0 Å². The number of thioether (sulfide) groups is 1. The molecule has 3 rings (SSSR count). The molecule has 1 aliphatic heterocycles. The number of halogens is 1. The summed E-state index contributed by atoms with van der Waals surface area (Å²) in [5, 5.41) is 3.67. The average Bonchev–Trinajstić information content (AvgIpc) is 3.07. The summed E-state index contributed by atoms with van der Waals surface area (Å²) in [5.41, 5.74) is 2.64. The van der Waals surface area contributed by atoms with E-state index >= 15 is 0 Å². The van der Waals surface area contributed by atoms with Crippen LogP contribution < -0.4 is 10.1 Å². The van der Waals surface area contributed by atoms with Crippen LogP contribution in [0.2, 0.25) is 0 Å². The number of fused-ring (bicyclic) bond motifs is 1. The van der Waals surface area contributed by atoms with Gasteiger partial charge in [0.15, 0.2) is 0 Å². The van der Waals surface area contributed by atoms with E-state index in [0.29, 0.717) is 4.75 Å². The van der Waals surface area contributed by atoms with E-state index in [0.717, 1.165) is 31.9 Å². The fraction of sp³-hybridized carbons (Fsp3) is 0.625. The molecule has 1 aliphatic carbocycles. The molecule has 0 atom stereocenters. The Kier molecular flexibility index (Phi) is 4.63. The number of hydrogen-bond donors (Lipinski definition) is 1. The van der Waals surface area contributed by atoms with E-state index in [9.17, 15) is 0 Å². The zero-order valence-corrected chi connectivity index (χ0v) is 14.4. The predicted molar refractivity (Wildman–Crippen MR) is 89.8 cm³/mol. The van der Waals surface area contributed by atoms with E-state index in [-0.39, 0.29) is 0 Å². The number of hydrogen-bond acceptors (Lipinski definition) is 3. The maximum Gasteiger partial charge on any atom is 0.127 e. The highest BCUT2D eigenvalue weighted by atomic mass is 79.9. The summed E-state index contributed by atoms with van der Waals surface area (Å²) in [6.07, 6.45) is 8.78. The van der Waals surface area contributed by atoms with E-state index in [4.69, 9.17) is 4.74 Å². The van der Waals surface area contributed by atoms with E-state index in [1.54, 1.807) is 0 Å². The van der Waals surface area contributed by atoms with Crippen molar-refractivity contribution in [2.75, 3.05) is 19.4 Å². The molecule has 1 saturated carbocycles. The van der Waals surface area contributed by atoms with Crippen molar-refractivity contribution in [1.82, 2.24) is 5.32 Å². The molecule has 0 bridgehead atoms. The standard InChI is InChI=1S/C16H22BrNOS/c1-20-16(5-2-3-6-16)11-18-10-13-9-14(17)8-12-4-7-19-15(12)13/h8-9,18H,2-7,10-11H2,1H3. The maximum atomic E-state index is 5.79. The minimum absolute atomic E-state index is 0.468. The normalized spacial score (nSPS) is 19.9. The summed E-state index contributed by atoms with van der Waals surface area (Å²) in [6.45, 7) is 2.84. The van der Waals surface area contributed by atoms with Gasteiger partial charge < -0.3 is 10.1 Å². The third-order valence-corrected chi connectivity index (χ3v) is 6.41. The van der Waals surface area contributed by atoms with Gasteiger partial charge in [-0.15, -0.1) is 0 Å². The Bertz CT molecular complexity index is 486. The zero-order valence-electron chi connectivity index (χ0n) is 12.0. The van der Waals surface area contributed by atoms with Crippen molar-refractivity contribution in [3.63, 3.8) is 0 Å². The molecule has 1 fully saturated rings. The Morgan fingerprint density at radius 3 is 2.90 bits per heavy atom. The van der Waals surface area contributed by atoms with Crippen LogP contribution in [-0.4, -0.2) is 24.2 Å². The number of benzene rings is 1. The van der Waals surface area contributed by atoms with Crippen LogP contribution in [0.1, 0.15) is 36.8 Å². The molecule has 0 radical (unpaired) electrons. The maximum absolute atomic E-state index is 5.79. The molecule has 0 saturated heterocycles. The van der Waals surface area contributed by atoms with Gasteiger partial charge >= 0.3 is 0 Å². The fourth-order valence-corrected chi connectivity index (χ4v) is 4.87. The fourth-order valence-electron chi connectivity index (χ4n) is 3.37. The van der Waals surface area contributed by atoms with Gasteiger partial charge in [0.2, 0.25) is 0 Å². The Labute approximate surface area is 134 Å². The molecule has 2 aliphatic rings. The lowest BCUT2D eigenvalue weighted by molar-refractivity contribution is 0.352. The molecule has 1 N–H and O–H groups in total. The van der Waals surface area contributed by atoms with Gasteiger partial charge in [0.25, 0.3) is 0 Å². The quantitative estimate of drug-likeness (QED) is 0.856. The van der Waals surface area contributed by atoms with Crippen LogP contribution in [-0.2, 0) is 13.0 Å². The van der Waals surface area contributed by atoms with Gasteiger partial charge in [-0.3, -0.25) is 0 Å². The van der Waals surface area contributed by atoms with Crippen LogP contribution in [0.15, 0.2) is 16.6 Å². The summed E-state index contributed by atoms with van der Waals surface area (Å²) in [7, 11) is 0. The molecule has 1 aromatic carbocycles. The van der Waals surface area contributed by atoms with Crippen LogP contribution in [0.4, 0.5) is 0 Å². The van der Waals surface area contributed by atoms with E-state index in [1.165, 1.54) is 41.3 Å². The first-order valence-corrected chi connectivity index (χ1v) is 9.44. The monoisotopic (exact) mass is 355 g/mol. The minimum atomic E-state index is 0.468. The first-order valence-electron chi connectivity index (χ1n) is 7.42. The molecule has 0 amide bonds.